The van der Waals surface area contributed by atoms with Gasteiger partial charge in [0.05, 0.1) is 11.9 Å². The molecule has 134 valence electrons. The molecule has 1 atom stereocenters. The Morgan fingerprint density at radius 1 is 1.19 bits per heavy atom. The first-order chi connectivity index (χ1) is 12.5. The van der Waals surface area contributed by atoms with Crippen molar-refractivity contribution in [1.82, 2.24) is 14.7 Å². The molecule has 0 spiro atoms. The topological polar surface area (TPSA) is 47.4 Å². The lowest BCUT2D eigenvalue weighted by molar-refractivity contribution is -0.137. The molecule has 0 aliphatic carbocycles. The van der Waals surface area contributed by atoms with Crippen LogP contribution in [0.4, 0.5) is 0 Å². The summed E-state index contributed by atoms with van der Waals surface area (Å²) in [4.78, 5) is 14.2. The lowest BCUT2D eigenvalue weighted by Crippen LogP contribution is -2.37. The monoisotopic (exact) mass is 349 g/mol. The predicted octanol–water partition coefficient (Wildman–Crippen LogP) is 3.61. The number of rotatable bonds is 6. The van der Waals surface area contributed by atoms with Gasteiger partial charge in [-0.3, -0.25) is 4.79 Å². The van der Waals surface area contributed by atoms with Crippen LogP contribution in [0, 0.1) is 6.92 Å². The highest BCUT2D eigenvalue weighted by atomic mass is 16.5. The Hall–Kier alpha value is -3.08. The minimum Gasteiger partial charge on any atom is -0.481 e. The standard InChI is InChI=1S/C21H23N3O2/c1-16-8-7-11-20(12-16)26-17(2)21(25)23(3)14-18-13-22-24(15-18)19-9-5-4-6-10-19/h4-13,15,17H,14H2,1-3H3. The molecule has 26 heavy (non-hydrogen) atoms. The molecule has 0 aliphatic rings. The molecule has 2 aromatic carbocycles. The second-order valence-electron chi connectivity index (χ2n) is 6.40. The van der Waals surface area contributed by atoms with Gasteiger partial charge in [0.25, 0.3) is 5.91 Å². The summed E-state index contributed by atoms with van der Waals surface area (Å²) in [5, 5.41) is 4.37. The van der Waals surface area contributed by atoms with Gasteiger partial charge in [-0.05, 0) is 43.7 Å². The van der Waals surface area contributed by atoms with Crippen molar-refractivity contribution in [3.05, 3.63) is 78.1 Å². The summed E-state index contributed by atoms with van der Waals surface area (Å²) in [5.41, 5.74) is 3.06. The van der Waals surface area contributed by atoms with Crippen molar-refractivity contribution in [2.75, 3.05) is 7.05 Å². The minimum absolute atomic E-state index is 0.0704. The number of carbonyl (C=O) groups is 1. The highest BCUT2D eigenvalue weighted by molar-refractivity contribution is 5.80. The molecule has 5 nitrogen and oxygen atoms in total. The summed E-state index contributed by atoms with van der Waals surface area (Å²) < 4.78 is 7.58. The van der Waals surface area contributed by atoms with Crippen LogP contribution < -0.4 is 4.74 Å². The normalized spacial score (nSPS) is 11.8. The van der Waals surface area contributed by atoms with Gasteiger partial charge in [0, 0.05) is 25.4 Å². The van der Waals surface area contributed by atoms with Crippen LogP contribution in [0.15, 0.2) is 67.0 Å². The van der Waals surface area contributed by atoms with Crippen molar-refractivity contribution in [1.29, 1.82) is 0 Å². The van der Waals surface area contributed by atoms with E-state index in [0.717, 1.165) is 16.8 Å². The maximum Gasteiger partial charge on any atom is 0.263 e. The average Bonchev–Trinajstić information content (AvgIpc) is 3.10. The third-order valence-electron chi connectivity index (χ3n) is 4.10. The molecule has 0 N–H and O–H groups in total. The summed E-state index contributed by atoms with van der Waals surface area (Å²) in [6.07, 6.45) is 3.17. The number of amides is 1. The molecule has 0 saturated heterocycles. The van der Waals surface area contributed by atoms with Crippen molar-refractivity contribution in [2.24, 2.45) is 0 Å². The van der Waals surface area contributed by atoms with Crippen LogP contribution in [0.1, 0.15) is 18.1 Å². The van der Waals surface area contributed by atoms with Gasteiger partial charge in [0.15, 0.2) is 6.10 Å². The lowest BCUT2D eigenvalue weighted by Gasteiger charge is -2.21. The van der Waals surface area contributed by atoms with Crippen molar-refractivity contribution < 1.29 is 9.53 Å². The van der Waals surface area contributed by atoms with E-state index in [2.05, 4.69) is 5.10 Å². The van der Waals surface area contributed by atoms with Gasteiger partial charge in [-0.2, -0.15) is 5.10 Å². The number of para-hydroxylation sites is 1. The van der Waals surface area contributed by atoms with Gasteiger partial charge < -0.3 is 9.64 Å². The van der Waals surface area contributed by atoms with E-state index in [1.54, 1.807) is 29.7 Å². The number of benzene rings is 2. The number of aryl methyl sites for hydroxylation is 1. The molecule has 3 rings (SSSR count). The van der Waals surface area contributed by atoms with E-state index in [9.17, 15) is 4.79 Å². The average molecular weight is 349 g/mol. The number of likely N-dealkylation sites (N-methyl/N-ethyl adjacent to an activating group) is 1. The Morgan fingerprint density at radius 3 is 2.69 bits per heavy atom. The minimum atomic E-state index is -0.550. The maximum absolute atomic E-state index is 12.6. The molecule has 0 bridgehead atoms. The third-order valence-corrected chi connectivity index (χ3v) is 4.10. The van der Waals surface area contributed by atoms with Gasteiger partial charge in [-0.25, -0.2) is 4.68 Å². The Bertz CT molecular complexity index is 874. The fourth-order valence-electron chi connectivity index (χ4n) is 2.77. The number of hydrogen-bond acceptors (Lipinski definition) is 3. The zero-order valence-corrected chi connectivity index (χ0v) is 15.3. The van der Waals surface area contributed by atoms with Crippen LogP contribution in [0.2, 0.25) is 0 Å². The molecular weight excluding hydrogens is 326 g/mol. The second kappa shape index (κ2) is 7.87. The summed E-state index contributed by atoms with van der Waals surface area (Å²) >= 11 is 0. The molecule has 0 fully saturated rings. The van der Waals surface area contributed by atoms with Gasteiger partial charge >= 0.3 is 0 Å². The Labute approximate surface area is 153 Å². The van der Waals surface area contributed by atoms with Gasteiger partial charge in [0.2, 0.25) is 0 Å². The van der Waals surface area contributed by atoms with Crippen LogP contribution >= 0.6 is 0 Å². The SMILES string of the molecule is Cc1cccc(OC(C)C(=O)N(C)Cc2cnn(-c3ccccc3)c2)c1. The van der Waals surface area contributed by atoms with Crippen LogP contribution in [-0.2, 0) is 11.3 Å². The van der Waals surface area contributed by atoms with Crippen LogP contribution in [0.5, 0.6) is 5.75 Å². The van der Waals surface area contributed by atoms with E-state index in [1.165, 1.54) is 0 Å². The molecular formula is C21H23N3O2. The zero-order valence-electron chi connectivity index (χ0n) is 15.3. The Morgan fingerprint density at radius 2 is 1.96 bits per heavy atom. The summed E-state index contributed by atoms with van der Waals surface area (Å²) in [5.74, 6) is 0.634. The summed E-state index contributed by atoms with van der Waals surface area (Å²) in [6, 6.07) is 17.6. The van der Waals surface area contributed by atoms with Crippen LogP contribution in [-0.4, -0.2) is 33.7 Å². The number of ether oxygens (including phenoxy) is 1. The van der Waals surface area contributed by atoms with Gasteiger partial charge in [-0.1, -0.05) is 30.3 Å². The summed E-state index contributed by atoms with van der Waals surface area (Å²) in [6.45, 7) is 4.25. The summed E-state index contributed by atoms with van der Waals surface area (Å²) in [7, 11) is 1.78. The van der Waals surface area contributed by atoms with E-state index < -0.39 is 6.10 Å². The van der Waals surface area contributed by atoms with Gasteiger partial charge in [-0.15, -0.1) is 0 Å². The molecule has 0 aliphatic heterocycles. The fraction of sp³-hybridized carbons (Fsp3) is 0.238. The van der Waals surface area contributed by atoms with E-state index in [0.29, 0.717) is 12.3 Å². The highest BCUT2D eigenvalue weighted by Gasteiger charge is 2.20. The third kappa shape index (κ3) is 4.30. The molecule has 1 unspecified atom stereocenters. The van der Waals surface area contributed by atoms with E-state index in [4.69, 9.17) is 4.74 Å². The number of aromatic nitrogens is 2. The second-order valence-corrected chi connectivity index (χ2v) is 6.40. The number of hydrogen-bond donors (Lipinski definition) is 0. The van der Waals surface area contributed by atoms with Gasteiger partial charge in [0.1, 0.15) is 5.75 Å². The van der Waals surface area contributed by atoms with Crippen LogP contribution in [0.25, 0.3) is 5.69 Å². The van der Waals surface area contributed by atoms with Crippen molar-refractivity contribution in [3.8, 4) is 11.4 Å². The number of carbonyl (C=O) groups excluding carboxylic acids is 1. The quantitative estimate of drug-likeness (QED) is 0.683. The predicted molar refractivity (Wildman–Crippen MR) is 101 cm³/mol. The highest BCUT2D eigenvalue weighted by Crippen LogP contribution is 2.16. The first-order valence-corrected chi connectivity index (χ1v) is 8.60. The largest absolute Gasteiger partial charge is 0.481 e. The van der Waals surface area contributed by atoms with E-state index >= 15 is 0 Å². The zero-order chi connectivity index (χ0) is 18.5. The Kier molecular flexibility index (Phi) is 5.37. The van der Waals surface area contributed by atoms with Crippen molar-refractivity contribution in [2.45, 2.75) is 26.5 Å². The Balaban J connectivity index is 1.61. The molecule has 0 radical (unpaired) electrons. The molecule has 1 amide bonds. The first kappa shape index (κ1) is 17.7. The number of nitrogens with zero attached hydrogens (tertiary/aromatic N) is 3. The fourth-order valence-corrected chi connectivity index (χ4v) is 2.77. The van der Waals surface area contributed by atoms with Crippen LogP contribution in [0.3, 0.4) is 0 Å². The van der Waals surface area contributed by atoms with Crippen molar-refractivity contribution >= 4 is 5.91 Å². The smallest absolute Gasteiger partial charge is 0.263 e. The molecule has 1 aromatic heterocycles. The van der Waals surface area contributed by atoms with E-state index in [-0.39, 0.29) is 5.91 Å². The molecule has 0 saturated carbocycles. The lowest BCUT2D eigenvalue weighted by atomic mass is 10.2. The van der Waals surface area contributed by atoms with Crippen molar-refractivity contribution in [3.63, 3.8) is 0 Å². The molecule has 1 heterocycles. The molecule has 3 aromatic rings. The first-order valence-electron chi connectivity index (χ1n) is 8.60. The van der Waals surface area contributed by atoms with E-state index in [1.807, 2.05) is 67.7 Å². The molecule has 5 heteroatoms. The maximum atomic E-state index is 12.6.